The van der Waals surface area contributed by atoms with Gasteiger partial charge in [0.1, 0.15) is 5.76 Å². The standard InChI is InChI=1S/C16H22N4OS/c1-11(2)18-16(22)19-17-9-14-8-12(3)20(13(14)4)10-15-6-5-7-21-15/h5-9,11H,10H2,1-4H3,(H2,18,19,22)/b17-9-. The number of aryl methyl sites for hydroxylation is 1. The van der Waals surface area contributed by atoms with Gasteiger partial charge in [0, 0.05) is 23.0 Å². The third-order valence-electron chi connectivity index (χ3n) is 3.30. The van der Waals surface area contributed by atoms with Crippen LogP contribution in [0.25, 0.3) is 0 Å². The van der Waals surface area contributed by atoms with Crippen LogP contribution in [0.4, 0.5) is 0 Å². The number of rotatable bonds is 5. The first-order valence-corrected chi connectivity index (χ1v) is 7.67. The van der Waals surface area contributed by atoms with Crippen molar-refractivity contribution in [2.45, 2.75) is 40.3 Å². The van der Waals surface area contributed by atoms with Crippen LogP contribution in [0, 0.1) is 13.8 Å². The van der Waals surface area contributed by atoms with Crippen molar-refractivity contribution < 1.29 is 4.42 Å². The lowest BCUT2D eigenvalue weighted by atomic mass is 10.3. The van der Waals surface area contributed by atoms with Crippen LogP contribution in [0.2, 0.25) is 0 Å². The Balaban J connectivity index is 2.05. The second-order valence-electron chi connectivity index (χ2n) is 5.49. The van der Waals surface area contributed by atoms with Crippen LogP contribution >= 0.6 is 12.2 Å². The number of hydrogen-bond acceptors (Lipinski definition) is 3. The number of thiocarbonyl (C=S) groups is 1. The quantitative estimate of drug-likeness (QED) is 0.505. The van der Waals surface area contributed by atoms with E-state index in [1.807, 2.05) is 26.0 Å². The lowest BCUT2D eigenvalue weighted by Crippen LogP contribution is -2.36. The van der Waals surface area contributed by atoms with Gasteiger partial charge in [0.15, 0.2) is 5.11 Å². The van der Waals surface area contributed by atoms with E-state index in [-0.39, 0.29) is 6.04 Å². The van der Waals surface area contributed by atoms with E-state index in [1.165, 1.54) is 5.69 Å². The summed E-state index contributed by atoms with van der Waals surface area (Å²) in [6.07, 6.45) is 3.48. The SMILES string of the molecule is Cc1cc(/C=N\NC(=S)NC(C)C)c(C)n1Cc1ccco1. The van der Waals surface area contributed by atoms with E-state index < -0.39 is 0 Å². The summed E-state index contributed by atoms with van der Waals surface area (Å²) < 4.78 is 7.61. The highest BCUT2D eigenvalue weighted by Crippen LogP contribution is 2.15. The molecule has 0 aliphatic rings. The number of furan rings is 1. The van der Waals surface area contributed by atoms with Crippen molar-refractivity contribution in [2.24, 2.45) is 5.10 Å². The van der Waals surface area contributed by atoms with Gasteiger partial charge in [-0.05, 0) is 58.1 Å². The van der Waals surface area contributed by atoms with Crippen LogP contribution in [0.15, 0.2) is 34.0 Å². The topological polar surface area (TPSA) is 54.5 Å². The Kier molecular flexibility index (Phi) is 5.38. The molecule has 0 fully saturated rings. The van der Waals surface area contributed by atoms with E-state index in [2.05, 4.69) is 40.3 Å². The predicted octanol–water partition coefficient (Wildman–Crippen LogP) is 2.95. The van der Waals surface area contributed by atoms with Crippen molar-refractivity contribution >= 4 is 23.5 Å². The zero-order valence-electron chi connectivity index (χ0n) is 13.4. The van der Waals surface area contributed by atoms with Crippen molar-refractivity contribution in [2.75, 3.05) is 0 Å². The van der Waals surface area contributed by atoms with Gasteiger partial charge in [-0.25, -0.2) is 0 Å². The number of aromatic nitrogens is 1. The molecule has 2 rings (SSSR count). The van der Waals surface area contributed by atoms with Crippen LogP contribution < -0.4 is 10.7 Å². The molecular weight excluding hydrogens is 296 g/mol. The highest BCUT2D eigenvalue weighted by Gasteiger charge is 2.09. The average molecular weight is 318 g/mol. The Labute approximate surface area is 136 Å². The van der Waals surface area contributed by atoms with Gasteiger partial charge < -0.3 is 14.3 Å². The fraction of sp³-hybridized carbons (Fsp3) is 0.375. The fourth-order valence-electron chi connectivity index (χ4n) is 2.22. The molecule has 0 aromatic carbocycles. The molecule has 118 valence electrons. The van der Waals surface area contributed by atoms with Gasteiger partial charge in [-0.2, -0.15) is 5.10 Å². The maximum atomic E-state index is 5.41. The molecule has 0 saturated carbocycles. The first-order chi connectivity index (χ1) is 10.5. The normalized spacial score (nSPS) is 11.3. The Bertz CT molecular complexity index is 656. The summed E-state index contributed by atoms with van der Waals surface area (Å²) in [7, 11) is 0. The molecule has 6 heteroatoms. The highest BCUT2D eigenvalue weighted by molar-refractivity contribution is 7.80. The van der Waals surface area contributed by atoms with Crippen molar-refractivity contribution in [1.29, 1.82) is 0 Å². The Hall–Kier alpha value is -2.08. The molecule has 2 N–H and O–H groups in total. The summed E-state index contributed by atoms with van der Waals surface area (Å²) in [5, 5.41) is 7.79. The van der Waals surface area contributed by atoms with Crippen molar-refractivity contribution in [3.63, 3.8) is 0 Å². The summed E-state index contributed by atoms with van der Waals surface area (Å²) in [5.74, 6) is 0.936. The molecule has 5 nitrogen and oxygen atoms in total. The lowest BCUT2D eigenvalue weighted by Gasteiger charge is -2.09. The van der Waals surface area contributed by atoms with Crippen LogP contribution in [0.1, 0.15) is 36.6 Å². The van der Waals surface area contributed by atoms with Gasteiger partial charge in [-0.1, -0.05) is 0 Å². The predicted molar refractivity (Wildman–Crippen MR) is 93.3 cm³/mol. The number of hydrogen-bond donors (Lipinski definition) is 2. The molecule has 0 aliphatic carbocycles. The second-order valence-corrected chi connectivity index (χ2v) is 5.90. The van der Waals surface area contributed by atoms with Crippen LogP contribution in [0.5, 0.6) is 0 Å². The maximum absolute atomic E-state index is 5.41. The molecule has 0 radical (unpaired) electrons. The summed E-state index contributed by atoms with van der Waals surface area (Å²) in [6, 6.07) is 6.26. The smallest absolute Gasteiger partial charge is 0.187 e. The summed E-state index contributed by atoms with van der Waals surface area (Å²) in [5.41, 5.74) is 6.19. The molecular formula is C16H22N4OS. The van der Waals surface area contributed by atoms with Crippen molar-refractivity contribution in [3.8, 4) is 0 Å². The Morgan fingerprint density at radius 3 is 2.86 bits per heavy atom. The molecule has 2 heterocycles. The van der Waals surface area contributed by atoms with E-state index in [9.17, 15) is 0 Å². The molecule has 0 bridgehead atoms. The lowest BCUT2D eigenvalue weighted by molar-refractivity contribution is 0.489. The molecule has 22 heavy (non-hydrogen) atoms. The minimum Gasteiger partial charge on any atom is -0.467 e. The minimum atomic E-state index is 0.286. The summed E-state index contributed by atoms with van der Waals surface area (Å²) in [4.78, 5) is 0. The van der Waals surface area contributed by atoms with E-state index in [0.29, 0.717) is 5.11 Å². The Morgan fingerprint density at radius 2 is 2.23 bits per heavy atom. The van der Waals surface area contributed by atoms with Gasteiger partial charge in [-0.15, -0.1) is 0 Å². The first kappa shape index (κ1) is 16.3. The number of hydrazone groups is 1. The zero-order valence-corrected chi connectivity index (χ0v) is 14.2. The van der Waals surface area contributed by atoms with Crippen LogP contribution in [-0.4, -0.2) is 21.9 Å². The second kappa shape index (κ2) is 7.26. The molecule has 0 spiro atoms. The van der Waals surface area contributed by atoms with Crippen molar-refractivity contribution in [1.82, 2.24) is 15.3 Å². The minimum absolute atomic E-state index is 0.286. The Morgan fingerprint density at radius 1 is 1.45 bits per heavy atom. The van der Waals surface area contributed by atoms with Crippen molar-refractivity contribution in [3.05, 3.63) is 47.2 Å². The molecule has 0 saturated heterocycles. The van der Waals surface area contributed by atoms with E-state index in [4.69, 9.17) is 16.6 Å². The summed E-state index contributed by atoms with van der Waals surface area (Å²) in [6.45, 7) is 8.92. The third kappa shape index (κ3) is 4.21. The molecule has 2 aromatic heterocycles. The summed E-state index contributed by atoms with van der Waals surface area (Å²) >= 11 is 5.13. The molecule has 0 aliphatic heterocycles. The van der Waals surface area contributed by atoms with Crippen LogP contribution in [0.3, 0.4) is 0 Å². The van der Waals surface area contributed by atoms with E-state index >= 15 is 0 Å². The monoisotopic (exact) mass is 318 g/mol. The molecule has 0 atom stereocenters. The van der Waals surface area contributed by atoms with Gasteiger partial charge in [0.2, 0.25) is 0 Å². The molecule has 0 amide bonds. The van der Waals surface area contributed by atoms with Gasteiger partial charge in [-0.3, -0.25) is 5.43 Å². The van der Waals surface area contributed by atoms with E-state index in [1.54, 1.807) is 12.5 Å². The number of nitrogens with zero attached hydrogens (tertiary/aromatic N) is 2. The highest BCUT2D eigenvalue weighted by atomic mass is 32.1. The van der Waals surface area contributed by atoms with E-state index in [0.717, 1.165) is 23.6 Å². The van der Waals surface area contributed by atoms with Crippen LogP contribution in [-0.2, 0) is 6.54 Å². The zero-order chi connectivity index (χ0) is 16.1. The van der Waals surface area contributed by atoms with Gasteiger partial charge >= 0.3 is 0 Å². The van der Waals surface area contributed by atoms with Gasteiger partial charge in [0.25, 0.3) is 0 Å². The average Bonchev–Trinajstić information content (AvgIpc) is 3.02. The third-order valence-corrected chi connectivity index (χ3v) is 3.51. The largest absolute Gasteiger partial charge is 0.467 e. The fourth-order valence-corrected chi connectivity index (χ4v) is 2.50. The molecule has 2 aromatic rings. The maximum Gasteiger partial charge on any atom is 0.187 e. The van der Waals surface area contributed by atoms with Gasteiger partial charge in [0.05, 0.1) is 19.0 Å². The first-order valence-electron chi connectivity index (χ1n) is 7.26. The number of nitrogens with one attached hydrogen (secondary N) is 2. The molecule has 0 unspecified atom stereocenters.